The van der Waals surface area contributed by atoms with Crippen molar-refractivity contribution in [2.24, 2.45) is 11.8 Å². The molecule has 1 saturated carbocycles. The first-order valence-electron chi connectivity index (χ1n) is 15.8. The molecule has 3 atom stereocenters. The lowest BCUT2D eigenvalue weighted by Gasteiger charge is -2.29. The highest BCUT2D eigenvalue weighted by Gasteiger charge is 2.37. The van der Waals surface area contributed by atoms with Crippen molar-refractivity contribution in [1.82, 2.24) is 20.4 Å². The summed E-state index contributed by atoms with van der Waals surface area (Å²) in [5.74, 6) is -3.56. The number of amides is 4. The number of aryl methyl sites for hydroxylation is 1. The molecule has 240 valence electrons. The molecule has 0 unspecified atom stereocenters. The summed E-state index contributed by atoms with van der Waals surface area (Å²) in [5, 5.41) is 15.5. The Labute approximate surface area is 258 Å². The molecule has 1 aliphatic carbocycles. The van der Waals surface area contributed by atoms with Crippen LogP contribution in [0.25, 0.3) is 0 Å². The summed E-state index contributed by atoms with van der Waals surface area (Å²) in [6.07, 6.45) is 7.51. The zero-order valence-corrected chi connectivity index (χ0v) is 25.9. The number of halogens is 1. The lowest BCUT2D eigenvalue weighted by atomic mass is 9.79. The van der Waals surface area contributed by atoms with E-state index >= 15 is 4.39 Å². The highest BCUT2D eigenvalue weighted by Crippen LogP contribution is 2.32. The lowest BCUT2D eigenvalue weighted by molar-refractivity contribution is -0.132. The number of nitrogens with zero attached hydrogens (tertiary/aromatic N) is 2. The van der Waals surface area contributed by atoms with E-state index in [4.69, 9.17) is 4.74 Å². The second kappa shape index (κ2) is 15.8. The summed E-state index contributed by atoms with van der Waals surface area (Å²) in [6.45, 7) is 7.01. The van der Waals surface area contributed by atoms with E-state index in [0.29, 0.717) is 44.0 Å². The number of hydrogen-bond acceptors (Lipinski definition) is 6. The molecule has 2 heterocycles. The number of anilines is 2. The quantitative estimate of drug-likeness (QED) is 0.266. The number of aromatic nitrogens is 2. The molecule has 4 rings (SSSR count). The van der Waals surface area contributed by atoms with Crippen LogP contribution in [0.2, 0.25) is 0 Å². The van der Waals surface area contributed by atoms with Gasteiger partial charge in [0.2, 0.25) is 23.6 Å². The maximum Gasteiger partial charge on any atom is 0.243 e. The minimum absolute atomic E-state index is 0.0565. The monoisotopic (exact) mass is 612 g/mol. The van der Waals surface area contributed by atoms with Crippen LogP contribution in [0.1, 0.15) is 83.6 Å². The van der Waals surface area contributed by atoms with E-state index in [9.17, 15) is 19.2 Å². The summed E-state index contributed by atoms with van der Waals surface area (Å²) in [5.41, 5.74) is 0.428. The Morgan fingerprint density at radius 3 is 2.34 bits per heavy atom. The van der Waals surface area contributed by atoms with E-state index in [1.165, 1.54) is 12.1 Å². The molecule has 11 nitrogen and oxygen atoms in total. The fraction of sp³-hybridized carbons (Fsp3) is 0.594. The second-order valence-electron chi connectivity index (χ2n) is 11.7. The highest BCUT2D eigenvalue weighted by molar-refractivity contribution is 6.10. The van der Waals surface area contributed by atoms with Gasteiger partial charge in [-0.25, -0.2) is 9.07 Å². The van der Waals surface area contributed by atoms with E-state index in [1.54, 1.807) is 36.9 Å². The van der Waals surface area contributed by atoms with Crippen molar-refractivity contribution in [3.05, 3.63) is 41.8 Å². The smallest absolute Gasteiger partial charge is 0.243 e. The van der Waals surface area contributed by atoms with E-state index in [1.807, 2.05) is 6.92 Å². The Morgan fingerprint density at radius 1 is 0.977 bits per heavy atom. The van der Waals surface area contributed by atoms with Gasteiger partial charge < -0.3 is 26.0 Å². The predicted octanol–water partition coefficient (Wildman–Crippen LogP) is 4.11. The van der Waals surface area contributed by atoms with Gasteiger partial charge in [0.15, 0.2) is 0 Å². The number of benzene rings is 1. The van der Waals surface area contributed by atoms with Crippen molar-refractivity contribution in [2.75, 3.05) is 23.8 Å². The highest BCUT2D eigenvalue weighted by atomic mass is 19.1. The van der Waals surface area contributed by atoms with Crippen LogP contribution in [-0.4, -0.2) is 58.7 Å². The molecule has 4 N–H and O–H groups in total. The van der Waals surface area contributed by atoms with Crippen molar-refractivity contribution in [1.29, 1.82) is 0 Å². The van der Waals surface area contributed by atoms with E-state index in [-0.39, 0.29) is 35.9 Å². The van der Waals surface area contributed by atoms with Crippen LogP contribution >= 0.6 is 0 Å². The van der Waals surface area contributed by atoms with Gasteiger partial charge >= 0.3 is 0 Å². The Kier molecular flexibility index (Phi) is 11.9. The van der Waals surface area contributed by atoms with Gasteiger partial charge in [-0.05, 0) is 56.2 Å². The molecule has 2 aromatic rings. The van der Waals surface area contributed by atoms with Crippen LogP contribution in [0.4, 0.5) is 15.9 Å². The van der Waals surface area contributed by atoms with Crippen LogP contribution in [0.5, 0.6) is 0 Å². The second-order valence-corrected chi connectivity index (χ2v) is 11.7. The van der Waals surface area contributed by atoms with E-state index in [2.05, 4.69) is 26.4 Å². The fourth-order valence-electron chi connectivity index (χ4n) is 6.05. The molecule has 1 aromatic heterocycles. The summed E-state index contributed by atoms with van der Waals surface area (Å²) < 4.78 is 22.5. The average molecular weight is 613 g/mol. The third-order valence-corrected chi connectivity index (χ3v) is 8.72. The maximum atomic E-state index is 15.5. The third-order valence-electron chi connectivity index (χ3n) is 8.72. The summed E-state index contributed by atoms with van der Waals surface area (Å²) in [6, 6.07) is 5.04. The molecular weight excluding hydrogens is 567 g/mol. The summed E-state index contributed by atoms with van der Waals surface area (Å²) in [7, 11) is 0. The molecule has 0 bridgehead atoms. The number of carbonyl (C=O) groups excluding carboxylic acids is 4. The molecule has 1 aliphatic heterocycles. The molecule has 2 aliphatic rings. The Morgan fingerprint density at radius 2 is 1.68 bits per heavy atom. The van der Waals surface area contributed by atoms with Crippen LogP contribution in [0.15, 0.2) is 30.5 Å². The minimum Gasteiger partial charge on any atom is -0.381 e. The number of hydrogen-bond donors (Lipinski definition) is 4. The average Bonchev–Trinajstić information content (AvgIpc) is 3.48. The molecule has 2 fully saturated rings. The molecule has 0 spiro atoms. The Balaban J connectivity index is 1.50. The van der Waals surface area contributed by atoms with Crippen molar-refractivity contribution < 1.29 is 28.3 Å². The van der Waals surface area contributed by atoms with Gasteiger partial charge in [-0.1, -0.05) is 39.2 Å². The van der Waals surface area contributed by atoms with Gasteiger partial charge in [0.25, 0.3) is 0 Å². The zero-order chi connectivity index (χ0) is 31.6. The van der Waals surface area contributed by atoms with Crippen LogP contribution < -0.4 is 21.3 Å². The first kappa shape index (κ1) is 33.1. The summed E-state index contributed by atoms with van der Waals surface area (Å²) >= 11 is 0. The van der Waals surface area contributed by atoms with Gasteiger partial charge in [-0.2, -0.15) is 5.10 Å². The molecule has 4 amide bonds. The predicted molar refractivity (Wildman–Crippen MR) is 164 cm³/mol. The molecule has 1 saturated heterocycles. The standard InChI is InChI=1S/C32H45FN6O5/c1-4-27(40)38-29(32(43)35-23-14-17-44-18-15-23)20(3)22-11-12-25(24(33)19-22)36-30(41)28(21-9-7-6-8-10-21)31(42)37-26-13-16-34-39(26)5-2/h11-13,16,19-21,23,28-29H,4-10,14-15,17-18H2,1-3H3,(H,35,43)(H,36,41)(H,37,42)(H,38,40)/t20-,28-,29+/m0/s1. The number of carbonyl (C=O) groups is 4. The van der Waals surface area contributed by atoms with Crippen molar-refractivity contribution in [3.8, 4) is 0 Å². The van der Waals surface area contributed by atoms with Gasteiger partial charge in [0.05, 0.1) is 11.9 Å². The first-order chi connectivity index (χ1) is 21.2. The largest absolute Gasteiger partial charge is 0.381 e. The van der Waals surface area contributed by atoms with E-state index in [0.717, 1.165) is 32.1 Å². The van der Waals surface area contributed by atoms with Crippen LogP contribution in [-0.2, 0) is 30.5 Å². The van der Waals surface area contributed by atoms with Crippen LogP contribution in [0.3, 0.4) is 0 Å². The lowest BCUT2D eigenvalue weighted by Crippen LogP contribution is -2.52. The SMILES string of the molecule is CCC(=O)N[C@@H](C(=O)NC1CCOCC1)[C@@H](C)c1ccc(NC(=O)[C@@H](C(=O)Nc2ccnn2CC)C2CCCCC2)c(F)c1. The molecule has 0 radical (unpaired) electrons. The van der Waals surface area contributed by atoms with Crippen molar-refractivity contribution in [3.63, 3.8) is 0 Å². The molecule has 1 aromatic carbocycles. The van der Waals surface area contributed by atoms with Crippen molar-refractivity contribution >= 4 is 35.1 Å². The number of nitrogens with one attached hydrogen (secondary N) is 4. The Hall–Kier alpha value is -3.80. The van der Waals surface area contributed by atoms with Crippen LogP contribution in [0, 0.1) is 17.7 Å². The minimum atomic E-state index is -1.00. The fourth-order valence-corrected chi connectivity index (χ4v) is 6.05. The topological polar surface area (TPSA) is 143 Å². The first-order valence-corrected chi connectivity index (χ1v) is 15.8. The van der Waals surface area contributed by atoms with E-state index < -0.39 is 35.5 Å². The number of rotatable bonds is 12. The maximum absolute atomic E-state index is 15.5. The molecule has 44 heavy (non-hydrogen) atoms. The van der Waals surface area contributed by atoms with Crippen molar-refractivity contribution in [2.45, 2.75) is 96.7 Å². The molecular formula is C32H45FN6O5. The molecule has 12 heteroatoms. The summed E-state index contributed by atoms with van der Waals surface area (Å²) in [4.78, 5) is 52.6. The third kappa shape index (κ3) is 8.43. The van der Waals surface area contributed by atoms with Gasteiger partial charge in [-0.3, -0.25) is 19.2 Å². The van der Waals surface area contributed by atoms with Gasteiger partial charge in [0.1, 0.15) is 23.6 Å². The Bertz CT molecular complexity index is 1300. The van der Waals surface area contributed by atoms with Gasteiger partial charge in [-0.15, -0.1) is 0 Å². The van der Waals surface area contributed by atoms with Gasteiger partial charge in [0, 0.05) is 44.2 Å². The number of ether oxygens (including phenoxy) is 1. The zero-order valence-electron chi connectivity index (χ0n) is 25.9. The normalized spacial score (nSPS) is 18.1.